The van der Waals surface area contributed by atoms with Crippen molar-refractivity contribution >= 4 is 34.9 Å². The van der Waals surface area contributed by atoms with Gasteiger partial charge in [-0.15, -0.1) is 0 Å². The lowest BCUT2D eigenvalue weighted by atomic mass is 9.87. The number of rotatable bonds is 9. The lowest BCUT2D eigenvalue weighted by Gasteiger charge is -2.27. The zero-order chi connectivity index (χ0) is 26.7. The van der Waals surface area contributed by atoms with E-state index in [1.54, 1.807) is 14.0 Å². The molecule has 1 saturated heterocycles. The van der Waals surface area contributed by atoms with Crippen molar-refractivity contribution in [2.24, 2.45) is 5.92 Å². The fraction of sp³-hybridized carbons (Fsp3) is 0.640. The molecule has 11 nitrogen and oxygen atoms in total. The van der Waals surface area contributed by atoms with Gasteiger partial charge in [-0.1, -0.05) is 25.8 Å². The van der Waals surface area contributed by atoms with Crippen molar-refractivity contribution in [3.8, 4) is 0 Å². The number of hydrogen-bond donors (Lipinski definition) is 2. The van der Waals surface area contributed by atoms with Gasteiger partial charge in [0.15, 0.2) is 35.0 Å². The predicted octanol–water partition coefficient (Wildman–Crippen LogP) is 3.88. The molecule has 12 heteroatoms. The first-order valence-corrected chi connectivity index (χ1v) is 12.6. The van der Waals surface area contributed by atoms with E-state index in [1.807, 2.05) is 0 Å². The molecule has 1 aliphatic heterocycles. The minimum absolute atomic E-state index is 0.245. The van der Waals surface area contributed by atoms with E-state index in [1.165, 1.54) is 31.2 Å². The van der Waals surface area contributed by atoms with Crippen LogP contribution < -0.4 is 10.6 Å². The minimum Gasteiger partial charge on any atom is -0.463 e. The smallest absolute Gasteiger partial charge is 0.306 e. The molecule has 2 aromatic heterocycles. The Labute approximate surface area is 215 Å². The number of fused-ring (bicyclic) bond motifs is 1. The SMILES string of the molecule is C=C(C)Nc1nc(NC)c2ncn([C@@H]3O[C@H](COC(=O)CC4CCCCC4)[C@@H](OC(C)=O)[C@@]3(C)F)c2n1. The van der Waals surface area contributed by atoms with Gasteiger partial charge in [0.2, 0.25) is 5.95 Å². The normalized spacial score (nSPS) is 26.1. The van der Waals surface area contributed by atoms with E-state index < -0.39 is 30.1 Å². The molecule has 2 fully saturated rings. The fourth-order valence-electron chi connectivity index (χ4n) is 5.08. The van der Waals surface area contributed by atoms with E-state index in [9.17, 15) is 9.59 Å². The quantitative estimate of drug-likeness (QED) is 0.472. The number of nitrogens with one attached hydrogen (secondary N) is 2. The second-order valence-electron chi connectivity index (χ2n) is 9.97. The van der Waals surface area contributed by atoms with Gasteiger partial charge in [-0.25, -0.2) is 9.37 Å². The number of ether oxygens (including phenoxy) is 3. The van der Waals surface area contributed by atoms with Crippen LogP contribution in [0.5, 0.6) is 0 Å². The van der Waals surface area contributed by atoms with Crippen molar-refractivity contribution in [1.82, 2.24) is 19.5 Å². The summed E-state index contributed by atoms with van der Waals surface area (Å²) in [6, 6.07) is 0. The number of nitrogens with zero attached hydrogens (tertiary/aromatic N) is 4. The Hall–Kier alpha value is -3.28. The highest BCUT2D eigenvalue weighted by Gasteiger charge is 2.58. The van der Waals surface area contributed by atoms with E-state index in [0.717, 1.165) is 25.7 Å². The molecule has 4 atom stereocenters. The Kier molecular flexibility index (Phi) is 7.96. The molecule has 1 aliphatic carbocycles. The van der Waals surface area contributed by atoms with Crippen LogP contribution >= 0.6 is 0 Å². The lowest BCUT2D eigenvalue weighted by Crippen LogP contribution is -2.44. The molecule has 2 N–H and O–H groups in total. The molecule has 0 unspecified atom stereocenters. The number of imidazole rings is 1. The number of alkyl halides is 1. The van der Waals surface area contributed by atoms with Crippen molar-refractivity contribution in [2.45, 2.75) is 83.4 Å². The number of carbonyl (C=O) groups is 2. The molecule has 4 rings (SSSR count). The number of hydrogen-bond acceptors (Lipinski definition) is 10. The van der Waals surface area contributed by atoms with E-state index in [2.05, 4.69) is 32.2 Å². The number of anilines is 2. The van der Waals surface area contributed by atoms with Gasteiger partial charge in [-0.05, 0) is 32.6 Å². The van der Waals surface area contributed by atoms with Gasteiger partial charge in [0.1, 0.15) is 12.7 Å². The zero-order valence-corrected chi connectivity index (χ0v) is 21.8. The van der Waals surface area contributed by atoms with Gasteiger partial charge in [0.05, 0.1) is 6.33 Å². The molecule has 0 bridgehead atoms. The third-order valence-electron chi connectivity index (χ3n) is 6.80. The molecule has 202 valence electrons. The lowest BCUT2D eigenvalue weighted by molar-refractivity contribution is -0.159. The number of halogens is 1. The molecule has 0 amide bonds. The van der Waals surface area contributed by atoms with Gasteiger partial charge >= 0.3 is 11.9 Å². The monoisotopic (exact) mass is 518 g/mol. The van der Waals surface area contributed by atoms with Crippen molar-refractivity contribution in [3.63, 3.8) is 0 Å². The molecular weight excluding hydrogens is 483 g/mol. The first kappa shape index (κ1) is 26.8. The standard InChI is InChI=1S/C25H35FN6O5/c1-14(2)29-24-30-21(27-5)19-22(31-24)32(13-28-19)23-25(4,26)20(36-15(3)33)17(37-23)12-35-18(34)11-16-9-7-6-8-10-16/h13,16-17,20,23H,1,6-12H2,2-5H3,(H2,27,29,30,31)/t17-,20-,23-,25-/m1/s1. The highest BCUT2D eigenvalue weighted by atomic mass is 19.1. The Balaban J connectivity index is 1.59. The summed E-state index contributed by atoms with van der Waals surface area (Å²) in [6.07, 6.45) is 3.54. The number of allylic oxidation sites excluding steroid dienone is 1. The zero-order valence-electron chi connectivity index (χ0n) is 21.8. The van der Waals surface area contributed by atoms with Crippen LogP contribution in [0, 0.1) is 5.92 Å². The largest absolute Gasteiger partial charge is 0.463 e. The Morgan fingerprint density at radius 3 is 2.65 bits per heavy atom. The summed E-state index contributed by atoms with van der Waals surface area (Å²) in [7, 11) is 1.69. The van der Waals surface area contributed by atoms with E-state index in [4.69, 9.17) is 14.2 Å². The van der Waals surface area contributed by atoms with Crippen LogP contribution in [0.1, 0.15) is 65.5 Å². The summed E-state index contributed by atoms with van der Waals surface area (Å²) in [6.45, 7) is 7.80. The van der Waals surface area contributed by atoms with Gasteiger partial charge < -0.3 is 24.8 Å². The van der Waals surface area contributed by atoms with Crippen LogP contribution in [-0.2, 0) is 23.8 Å². The van der Waals surface area contributed by atoms with Crippen molar-refractivity contribution in [2.75, 3.05) is 24.3 Å². The fourth-order valence-corrected chi connectivity index (χ4v) is 5.08. The highest BCUT2D eigenvalue weighted by Crippen LogP contribution is 2.44. The average molecular weight is 519 g/mol. The molecule has 0 aromatic carbocycles. The van der Waals surface area contributed by atoms with Crippen LogP contribution in [0.15, 0.2) is 18.6 Å². The molecule has 3 heterocycles. The Bertz CT molecular complexity index is 1160. The number of aromatic nitrogens is 4. The maximum Gasteiger partial charge on any atom is 0.306 e. The van der Waals surface area contributed by atoms with Crippen LogP contribution in [-0.4, -0.2) is 63.0 Å². The summed E-state index contributed by atoms with van der Waals surface area (Å²) in [5.41, 5.74) is -0.870. The number of esters is 2. The predicted molar refractivity (Wildman–Crippen MR) is 134 cm³/mol. The van der Waals surface area contributed by atoms with Crippen molar-refractivity contribution in [3.05, 3.63) is 18.6 Å². The van der Waals surface area contributed by atoms with E-state index in [0.29, 0.717) is 35.0 Å². The summed E-state index contributed by atoms with van der Waals surface area (Å²) < 4.78 is 34.7. The topological polar surface area (TPSA) is 129 Å². The summed E-state index contributed by atoms with van der Waals surface area (Å²) in [5.74, 6) is -0.0595. The third-order valence-corrected chi connectivity index (χ3v) is 6.80. The van der Waals surface area contributed by atoms with Crippen LogP contribution in [0.25, 0.3) is 11.2 Å². The Morgan fingerprint density at radius 2 is 2.00 bits per heavy atom. The molecule has 2 aliphatic rings. The minimum atomic E-state index is -2.19. The molecule has 0 radical (unpaired) electrons. The van der Waals surface area contributed by atoms with Gasteiger partial charge in [-0.2, -0.15) is 9.97 Å². The summed E-state index contributed by atoms with van der Waals surface area (Å²) in [4.78, 5) is 37.6. The first-order chi connectivity index (χ1) is 17.6. The maximum absolute atomic E-state index is 16.4. The van der Waals surface area contributed by atoms with E-state index >= 15 is 4.39 Å². The Morgan fingerprint density at radius 1 is 1.27 bits per heavy atom. The second-order valence-corrected chi connectivity index (χ2v) is 9.97. The molecule has 2 aromatic rings. The maximum atomic E-state index is 16.4. The van der Waals surface area contributed by atoms with Crippen molar-refractivity contribution in [1.29, 1.82) is 0 Å². The van der Waals surface area contributed by atoms with Gasteiger partial charge in [0.25, 0.3) is 0 Å². The van der Waals surface area contributed by atoms with E-state index in [-0.39, 0.29) is 18.5 Å². The van der Waals surface area contributed by atoms with Crippen LogP contribution in [0.2, 0.25) is 0 Å². The third kappa shape index (κ3) is 5.84. The summed E-state index contributed by atoms with van der Waals surface area (Å²) in [5, 5.41) is 5.91. The molecule has 1 saturated carbocycles. The van der Waals surface area contributed by atoms with Crippen molar-refractivity contribution < 1.29 is 28.2 Å². The first-order valence-electron chi connectivity index (χ1n) is 12.6. The highest BCUT2D eigenvalue weighted by molar-refractivity contribution is 5.84. The van der Waals surface area contributed by atoms with Gasteiger partial charge in [0, 0.05) is 26.1 Å². The summed E-state index contributed by atoms with van der Waals surface area (Å²) >= 11 is 0. The average Bonchev–Trinajstić information content (AvgIpc) is 3.35. The molecule has 0 spiro atoms. The molecule has 37 heavy (non-hydrogen) atoms. The van der Waals surface area contributed by atoms with Crippen LogP contribution in [0.4, 0.5) is 16.2 Å². The van der Waals surface area contributed by atoms with Gasteiger partial charge in [-0.3, -0.25) is 14.2 Å². The van der Waals surface area contributed by atoms with Crippen LogP contribution in [0.3, 0.4) is 0 Å². The second kappa shape index (κ2) is 11.0. The number of carbonyl (C=O) groups excluding carboxylic acids is 2. The molecular formula is C25H35FN6O5.